The summed E-state index contributed by atoms with van der Waals surface area (Å²) in [6.45, 7) is 8.58. The highest BCUT2D eigenvalue weighted by Gasteiger charge is 2.49. The van der Waals surface area contributed by atoms with Crippen molar-refractivity contribution in [3.63, 3.8) is 0 Å². The highest BCUT2D eigenvalue weighted by Crippen LogP contribution is 2.43. The van der Waals surface area contributed by atoms with Gasteiger partial charge in [-0.05, 0) is 50.8 Å². The van der Waals surface area contributed by atoms with Crippen molar-refractivity contribution in [2.75, 3.05) is 31.1 Å². The molecule has 0 aromatic carbocycles. The van der Waals surface area contributed by atoms with Gasteiger partial charge in [-0.2, -0.15) is 0 Å². The predicted octanol–water partition coefficient (Wildman–Crippen LogP) is 2.32. The molecule has 0 bridgehead atoms. The number of hydrogen-bond donors (Lipinski definition) is 2. The van der Waals surface area contributed by atoms with E-state index in [1.54, 1.807) is 0 Å². The van der Waals surface area contributed by atoms with Crippen LogP contribution in [-0.2, 0) is 11.3 Å². The summed E-state index contributed by atoms with van der Waals surface area (Å²) in [4.78, 5) is 19.6. The Labute approximate surface area is 145 Å². The molecule has 2 N–H and O–H groups in total. The van der Waals surface area contributed by atoms with Gasteiger partial charge < -0.3 is 15.5 Å². The number of carbonyl (C=O) groups excluding carboxylic acids is 1. The lowest BCUT2D eigenvalue weighted by atomic mass is 9.67. The number of carbonyl (C=O) groups is 1. The van der Waals surface area contributed by atoms with Crippen molar-refractivity contribution in [3.05, 3.63) is 23.9 Å². The Morgan fingerprint density at radius 3 is 2.92 bits per heavy atom. The van der Waals surface area contributed by atoms with Crippen molar-refractivity contribution in [2.24, 2.45) is 11.3 Å². The number of hydrogen-bond acceptors (Lipinski definition) is 4. The van der Waals surface area contributed by atoms with Crippen LogP contribution in [0, 0.1) is 11.3 Å². The van der Waals surface area contributed by atoms with E-state index in [1.807, 2.05) is 12.3 Å². The second kappa shape index (κ2) is 7.51. The Kier molecular flexibility index (Phi) is 5.39. The summed E-state index contributed by atoms with van der Waals surface area (Å²) < 4.78 is 0. The minimum Gasteiger partial charge on any atom is -0.357 e. The summed E-state index contributed by atoms with van der Waals surface area (Å²) in [6, 6.07) is 4.12. The fourth-order valence-electron chi connectivity index (χ4n) is 4.30. The Bertz CT molecular complexity index is 555. The number of aromatic nitrogens is 1. The third-order valence-corrected chi connectivity index (χ3v) is 5.84. The van der Waals surface area contributed by atoms with Gasteiger partial charge in [0.25, 0.3) is 0 Å². The van der Waals surface area contributed by atoms with Gasteiger partial charge in [0.05, 0.1) is 5.41 Å². The molecule has 3 rings (SSSR count). The second-order valence-electron chi connectivity index (χ2n) is 7.11. The largest absolute Gasteiger partial charge is 0.357 e. The molecule has 2 fully saturated rings. The molecule has 2 atom stereocenters. The standard InChI is InChI=1S/C19H30N4O/c1-3-23(4-2)17-9-8-15(11-21-17)12-22-18(24)19-10-6-5-7-16(19)13-20-14-19/h8-9,11,16,20H,3-7,10,12-14H2,1-2H3,(H,22,24)/t16-,19+/m0/s1. The molecule has 1 aliphatic heterocycles. The molecule has 5 nitrogen and oxygen atoms in total. The lowest BCUT2D eigenvalue weighted by Gasteiger charge is -2.37. The SMILES string of the molecule is CCN(CC)c1ccc(CNC(=O)[C@@]23CCCC[C@H]2CNC3)cn1. The number of amides is 1. The van der Waals surface area contributed by atoms with Crippen molar-refractivity contribution in [1.82, 2.24) is 15.6 Å². The van der Waals surface area contributed by atoms with E-state index >= 15 is 0 Å². The molecule has 1 aliphatic carbocycles. The van der Waals surface area contributed by atoms with Gasteiger partial charge in [0.2, 0.25) is 5.91 Å². The van der Waals surface area contributed by atoms with Crippen LogP contribution in [0.5, 0.6) is 0 Å². The van der Waals surface area contributed by atoms with Crippen LogP contribution in [0.4, 0.5) is 5.82 Å². The Balaban J connectivity index is 1.60. The monoisotopic (exact) mass is 330 g/mol. The molecule has 1 saturated carbocycles. The maximum Gasteiger partial charge on any atom is 0.228 e. The normalized spacial score (nSPS) is 26.0. The number of anilines is 1. The van der Waals surface area contributed by atoms with Crippen LogP contribution >= 0.6 is 0 Å². The molecule has 132 valence electrons. The summed E-state index contributed by atoms with van der Waals surface area (Å²) in [6.07, 6.45) is 6.52. The third kappa shape index (κ3) is 3.27. The summed E-state index contributed by atoms with van der Waals surface area (Å²) in [5.41, 5.74) is 0.890. The average molecular weight is 330 g/mol. The van der Waals surface area contributed by atoms with E-state index in [1.165, 1.54) is 19.3 Å². The van der Waals surface area contributed by atoms with Crippen LogP contribution < -0.4 is 15.5 Å². The van der Waals surface area contributed by atoms with Gasteiger partial charge in [-0.15, -0.1) is 0 Å². The van der Waals surface area contributed by atoms with Gasteiger partial charge in [-0.1, -0.05) is 18.9 Å². The van der Waals surface area contributed by atoms with Gasteiger partial charge in [0, 0.05) is 32.4 Å². The van der Waals surface area contributed by atoms with Crippen LogP contribution in [0.3, 0.4) is 0 Å². The molecule has 1 amide bonds. The zero-order valence-electron chi connectivity index (χ0n) is 15.0. The quantitative estimate of drug-likeness (QED) is 0.840. The molecule has 0 spiro atoms. The molecular weight excluding hydrogens is 300 g/mol. The number of rotatable bonds is 6. The van der Waals surface area contributed by atoms with Crippen LogP contribution in [0.1, 0.15) is 45.1 Å². The fourth-order valence-corrected chi connectivity index (χ4v) is 4.30. The van der Waals surface area contributed by atoms with Crippen molar-refractivity contribution in [1.29, 1.82) is 0 Å². The minimum absolute atomic E-state index is 0.174. The molecular formula is C19H30N4O. The van der Waals surface area contributed by atoms with E-state index in [2.05, 4.69) is 40.4 Å². The van der Waals surface area contributed by atoms with E-state index < -0.39 is 0 Å². The van der Waals surface area contributed by atoms with E-state index in [0.717, 1.165) is 44.0 Å². The highest BCUT2D eigenvalue weighted by molar-refractivity contribution is 5.83. The molecule has 5 heteroatoms. The molecule has 2 aliphatic rings. The lowest BCUT2D eigenvalue weighted by molar-refractivity contribution is -0.134. The van der Waals surface area contributed by atoms with Gasteiger partial charge in [0.15, 0.2) is 0 Å². The maximum absolute atomic E-state index is 12.9. The van der Waals surface area contributed by atoms with Gasteiger partial charge >= 0.3 is 0 Å². The van der Waals surface area contributed by atoms with Crippen molar-refractivity contribution < 1.29 is 4.79 Å². The molecule has 2 heterocycles. The van der Waals surface area contributed by atoms with Crippen molar-refractivity contribution in [2.45, 2.75) is 46.1 Å². The smallest absolute Gasteiger partial charge is 0.228 e. The zero-order chi connectivity index (χ0) is 17.0. The Morgan fingerprint density at radius 1 is 1.38 bits per heavy atom. The number of nitrogens with one attached hydrogen (secondary N) is 2. The van der Waals surface area contributed by atoms with Crippen LogP contribution in [0.15, 0.2) is 18.3 Å². The molecule has 0 unspecified atom stereocenters. The van der Waals surface area contributed by atoms with Crippen LogP contribution in [0.25, 0.3) is 0 Å². The number of pyridine rings is 1. The minimum atomic E-state index is -0.174. The number of nitrogens with zero attached hydrogens (tertiary/aromatic N) is 2. The Hall–Kier alpha value is -1.62. The molecule has 1 saturated heterocycles. The molecule has 0 radical (unpaired) electrons. The first-order chi connectivity index (χ1) is 11.7. The van der Waals surface area contributed by atoms with E-state index in [0.29, 0.717) is 12.5 Å². The van der Waals surface area contributed by atoms with Crippen molar-refractivity contribution in [3.8, 4) is 0 Å². The lowest BCUT2D eigenvalue weighted by Crippen LogP contribution is -2.47. The predicted molar refractivity (Wildman–Crippen MR) is 96.9 cm³/mol. The van der Waals surface area contributed by atoms with Crippen LogP contribution in [-0.4, -0.2) is 37.1 Å². The summed E-state index contributed by atoms with van der Waals surface area (Å²) in [5, 5.41) is 6.61. The summed E-state index contributed by atoms with van der Waals surface area (Å²) in [5.74, 6) is 1.74. The van der Waals surface area contributed by atoms with Gasteiger partial charge in [-0.3, -0.25) is 4.79 Å². The second-order valence-corrected chi connectivity index (χ2v) is 7.11. The highest BCUT2D eigenvalue weighted by atomic mass is 16.2. The molecule has 1 aromatic rings. The first kappa shape index (κ1) is 17.2. The van der Waals surface area contributed by atoms with Crippen molar-refractivity contribution >= 4 is 11.7 Å². The van der Waals surface area contributed by atoms with Gasteiger partial charge in [-0.25, -0.2) is 4.98 Å². The van der Waals surface area contributed by atoms with Crippen LogP contribution in [0.2, 0.25) is 0 Å². The zero-order valence-corrected chi connectivity index (χ0v) is 15.0. The van der Waals surface area contributed by atoms with E-state index in [-0.39, 0.29) is 11.3 Å². The number of fused-ring (bicyclic) bond motifs is 1. The Morgan fingerprint density at radius 2 is 2.21 bits per heavy atom. The molecule has 1 aromatic heterocycles. The summed E-state index contributed by atoms with van der Waals surface area (Å²) in [7, 11) is 0. The first-order valence-corrected chi connectivity index (χ1v) is 9.38. The summed E-state index contributed by atoms with van der Waals surface area (Å²) >= 11 is 0. The topological polar surface area (TPSA) is 57.3 Å². The fraction of sp³-hybridized carbons (Fsp3) is 0.684. The van der Waals surface area contributed by atoms with E-state index in [4.69, 9.17) is 0 Å². The van der Waals surface area contributed by atoms with Gasteiger partial charge in [0.1, 0.15) is 5.82 Å². The first-order valence-electron chi connectivity index (χ1n) is 9.38. The molecule has 24 heavy (non-hydrogen) atoms. The maximum atomic E-state index is 12.9. The average Bonchev–Trinajstić information content (AvgIpc) is 3.07. The van der Waals surface area contributed by atoms with E-state index in [9.17, 15) is 4.79 Å². The third-order valence-electron chi connectivity index (χ3n) is 5.84.